The average Bonchev–Trinajstić information content (AvgIpc) is 2.84. The van der Waals surface area contributed by atoms with Crippen LogP contribution in [0.25, 0.3) is 0 Å². The molecule has 2 fully saturated rings. The second kappa shape index (κ2) is 5.43. The topological polar surface area (TPSA) is 36.3 Å². The number of hydrogen-bond donors (Lipinski definition) is 0. The lowest BCUT2D eigenvalue weighted by Gasteiger charge is -2.32. The van der Waals surface area contributed by atoms with E-state index in [0.717, 1.165) is 12.0 Å². The molecule has 5 heteroatoms. The fourth-order valence-corrected chi connectivity index (χ4v) is 2.33. The van der Waals surface area contributed by atoms with Gasteiger partial charge in [-0.25, -0.2) is 0 Å². The van der Waals surface area contributed by atoms with Crippen molar-refractivity contribution in [2.24, 2.45) is 5.41 Å². The zero-order chi connectivity index (χ0) is 15.9. The highest BCUT2D eigenvalue weighted by atomic mass is 16.7. The van der Waals surface area contributed by atoms with E-state index in [1.54, 1.807) is 0 Å². The van der Waals surface area contributed by atoms with E-state index >= 15 is 0 Å². The molecular formula is C16H29BN2O2. The fourth-order valence-electron chi connectivity index (χ4n) is 2.33. The van der Waals surface area contributed by atoms with Crippen LogP contribution in [0.5, 0.6) is 0 Å². The van der Waals surface area contributed by atoms with Crippen LogP contribution >= 0.6 is 0 Å². The molecule has 118 valence electrons. The third kappa shape index (κ3) is 3.34. The molecule has 4 nitrogen and oxygen atoms in total. The van der Waals surface area contributed by atoms with Crippen molar-refractivity contribution in [3.8, 4) is 0 Å². The predicted octanol–water partition coefficient (Wildman–Crippen LogP) is 3.01. The van der Waals surface area contributed by atoms with Crippen LogP contribution in [0, 0.1) is 5.41 Å². The molecule has 0 atom stereocenters. The Balaban J connectivity index is 0.000000774. The van der Waals surface area contributed by atoms with Gasteiger partial charge in [0.2, 0.25) is 0 Å². The van der Waals surface area contributed by atoms with Gasteiger partial charge in [0, 0.05) is 24.4 Å². The SMILES string of the molecule is CC.CC1(Cn2cc(B3OC(C)(C)C(C)(C)O3)cn2)CC1. The van der Waals surface area contributed by atoms with Gasteiger partial charge in [0.25, 0.3) is 0 Å². The summed E-state index contributed by atoms with van der Waals surface area (Å²) in [5.74, 6) is 0. The van der Waals surface area contributed by atoms with Gasteiger partial charge < -0.3 is 9.31 Å². The molecule has 2 aliphatic rings. The summed E-state index contributed by atoms with van der Waals surface area (Å²) in [4.78, 5) is 0. The summed E-state index contributed by atoms with van der Waals surface area (Å²) in [6.07, 6.45) is 6.54. The summed E-state index contributed by atoms with van der Waals surface area (Å²) in [6, 6.07) is 0. The second-order valence-electron chi connectivity index (χ2n) is 7.37. The number of rotatable bonds is 3. The standard InChI is InChI=1S/C14H23BN2O2.C2H6/c1-12(2)13(3,4)19-15(18-12)11-8-16-17(9-11)10-14(5)6-7-14;1-2/h8-9H,6-7,10H2,1-5H3;1-2H3. The molecule has 2 heterocycles. The van der Waals surface area contributed by atoms with Crippen molar-refractivity contribution in [2.45, 2.75) is 79.1 Å². The molecule has 1 aliphatic heterocycles. The second-order valence-corrected chi connectivity index (χ2v) is 7.37. The third-order valence-corrected chi connectivity index (χ3v) is 4.83. The number of nitrogens with zero attached hydrogens (tertiary/aromatic N) is 2. The van der Waals surface area contributed by atoms with Crippen LogP contribution in [0.4, 0.5) is 0 Å². The van der Waals surface area contributed by atoms with Crippen molar-refractivity contribution in [2.75, 3.05) is 0 Å². The van der Waals surface area contributed by atoms with Gasteiger partial charge in [-0.3, -0.25) is 4.68 Å². The molecule has 0 radical (unpaired) electrons. The summed E-state index contributed by atoms with van der Waals surface area (Å²) in [5, 5.41) is 4.44. The first-order chi connectivity index (χ1) is 9.71. The minimum Gasteiger partial charge on any atom is -0.399 e. The maximum Gasteiger partial charge on any atom is 0.498 e. The van der Waals surface area contributed by atoms with Crippen molar-refractivity contribution < 1.29 is 9.31 Å². The lowest BCUT2D eigenvalue weighted by molar-refractivity contribution is 0.00578. The van der Waals surface area contributed by atoms with Gasteiger partial charge in [-0.1, -0.05) is 20.8 Å². The molecule has 1 saturated carbocycles. The lowest BCUT2D eigenvalue weighted by atomic mass is 9.82. The van der Waals surface area contributed by atoms with E-state index in [-0.39, 0.29) is 18.3 Å². The quantitative estimate of drug-likeness (QED) is 0.803. The molecule has 0 aromatic carbocycles. The Hall–Kier alpha value is -0.805. The van der Waals surface area contributed by atoms with Gasteiger partial charge in [0.1, 0.15) is 0 Å². The van der Waals surface area contributed by atoms with E-state index in [4.69, 9.17) is 9.31 Å². The molecule has 21 heavy (non-hydrogen) atoms. The van der Waals surface area contributed by atoms with E-state index in [2.05, 4.69) is 45.9 Å². The Morgan fingerprint density at radius 3 is 2.10 bits per heavy atom. The van der Waals surface area contributed by atoms with E-state index in [1.165, 1.54) is 12.8 Å². The van der Waals surface area contributed by atoms with Crippen LogP contribution < -0.4 is 5.46 Å². The molecule has 0 amide bonds. The molecule has 1 saturated heterocycles. The van der Waals surface area contributed by atoms with E-state index in [0.29, 0.717) is 5.41 Å². The molecule has 0 N–H and O–H groups in total. The van der Waals surface area contributed by atoms with Gasteiger partial charge in [-0.15, -0.1) is 0 Å². The Morgan fingerprint density at radius 2 is 1.62 bits per heavy atom. The number of aromatic nitrogens is 2. The third-order valence-electron chi connectivity index (χ3n) is 4.83. The zero-order valence-corrected chi connectivity index (χ0v) is 14.6. The Labute approximate surface area is 129 Å². The van der Waals surface area contributed by atoms with E-state index < -0.39 is 0 Å². The smallest absolute Gasteiger partial charge is 0.399 e. The van der Waals surface area contributed by atoms with E-state index in [1.807, 2.05) is 24.7 Å². The van der Waals surface area contributed by atoms with E-state index in [9.17, 15) is 0 Å². The van der Waals surface area contributed by atoms with Crippen molar-refractivity contribution >= 4 is 12.6 Å². The van der Waals surface area contributed by atoms with Gasteiger partial charge in [-0.05, 0) is 46.0 Å². The summed E-state index contributed by atoms with van der Waals surface area (Å²) in [6.45, 7) is 15.6. The van der Waals surface area contributed by atoms with Gasteiger partial charge in [0.15, 0.2) is 0 Å². The van der Waals surface area contributed by atoms with Crippen molar-refractivity contribution in [1.29, 1.82) is 0 Å². The molecular weight excluding hydrogens is 263 g/mol. The minimum absolute atomic E-state index is 0.289. The van der Waals surface area contributed by atoms with Crippen LogP contribution in [0.2, 0.25) is 0 Å². The first-order valence-electron chi connectivity index (χ1n) is 8.09. The Morgan fingerprint density at radius 1 is 1.10 bits per heavy atom. The first kappa shape index (κ1) is 16.6. The van der Waals surface area contributed by atoms with Crippen LogP contribution in [0.3, 0.4) is 0 Å². The molecule has 1 aromatic rings. The van der Waals surface area contributed by atoms with Crippen molar-refractivity contribution in [3.63, 3.8) is 0 Å². The Bertz CT molecular complexity index is 476. The molecule has 0 bridgehead atoms. The zero-order valence-electron chi connectivity index (χ0n) is 14.6. The maximum atomic E-state index is 6.03. The average molecular weight is 292 g/mol. The highest BCUT2D eigenvalue weighted by molar-refractivity contribution is 6.61. The highest BCUT2D eigenvalue weighted by Crippen LogP contribution is 2.46. The van der Waals surface area contributed by atoms with Crippen LogP contribution in [-0.2, 0) is 15.9 Å². The molecule has 3 rings (SSSR count). The predicted molar refractivity (Wildman–Crippen MR) is 86.6 cm³/mol. The fraction of sp³-hybridized carbons (Fsp3) is 0.812. The first-order valence-corrected chi connectivity index (χ1v) is 8.09. The largest absolute Gasteiger partial charge is 0.498 e. The monoisotopic (exact) mass is 292 g/mol. The summed E-state index contributed by atoms with van der Waals surface area (Å²) >= 11 is 0. The van der Waals surface area contributed by atoms with Gasteiger partial charge in [0.05, 0.1) is 11.2 Å². The molecule has 1 aliphatic carbocycles. The molecule has 1 aromatic heterocycles. The summed E-state index contributed by atoms with van der Waals surface area (Å²) < 4.78 is 14.1. The normalized spacial score (nSPS) is 24.4. The lowest BCUT2D eigenvalue weighted by Crippen LogP contribution is -2.41. The van der Waals surface area contributed by atoms with Crippen molar-refractivity contribution in [1.82, 2.24) is 9.78 Å². The van der Waals surface area contributed by atoms with Crippen LogP contribution in [-0.4, -0.2) is 28.1 Å². The van der Waals surface area contributed by atoms with Gasteiger partial charge in [-0.2, -0.15) is 5.10 Å². The minimum atomic E-state index is -0.300. The summed E-state index contributed by atoms with van der Waals surface area (Å²) in [7, 11) is -0.300. The van der Waals surface area contributed by atoms with Crippen LogP contribution in [0.1, 0.15) is 61.3 Å². The number of hydrogen-bond acceptors (Lipinski definition) is 3. The summed E-state index contributed by atoms with van der Waals surface area (Å²) in [5.41, 5.74) is 0.895. The highest BCUT2D eigenvalue weighted by Gasteiger charge is 2.52. The van der Waals surface area contributed by atoms with Gasteiger partial charge >= 0.3 is 7.12 Å². The maximum absolute atomic E-state index is 6.03. The van der Waals surface area contributed by atoms with Crippen molar-refractivity contribution in [3.05, 3.63) is 12.4 Å². The molecule has 0 spiro atoms. The van der Waals surface area contributed by atoms with Crippen LogP contribution in [0.15, 0.2) is 12.4 Å². The Kier molecular flexibility index (Phi) is 4.29. The molecule has 0 unspecified atom stereocenters.